The fourth-order valence-electron chi connectivity index (χ4n) is 1.48. The molecule has 1 rings (SSSR count). The van der Waals surface area contributed by atoms with Crippen LogP contribution in [-0.4, -0.2) is 34.9 Å². The number of oxime groups is 1. The van der Waals surface area contributed by atoms with E-state index in [1.807, 2.05) is 0 Å². The van der Waals surface area contributed by atoms with Crippen molar-refractivity contribution in [3.63, 3.8) is 0 Å². The number of hydrogen-bond acceptors (Lipinski definition) is 3. The zero-order valence-electron chi connectivity index (χ0n) is 10.6. The smallest absolute Gasteiger partial charge is 0.227 e. The highest BCUT2D eigenvalue weighted by atomic mass is 19.1. The van der Waals surface area contributed by atoms with E-state index in [1.165, 1.54) is 20.0 Å². The zero-order valence-corrected chi connectivity index (χ0v) is 10.6. The normalized spacial score (nSPS) is 13.2. The van der Waals surface area contributed by atoms with Gasteiger partial charge in [0.1, 0.15) is 11.6 Å². The van der Waals surface area contributed by atoms with Gasteiger partial charge in [-0.3, -0.25) is 4.79 Å². The van der Waals surface area contributed by atoms with Gasteiger partial charge in [-0.2, -0.15) is 0 Å². The minimum Gasteiger partial charge on any atom is -0.409 e. The molecule has 1 amide bonds. The Bertz CT molecular complexity index is 485. The van der Waals surface area contributed by atoms with Crippen molar-refractivity contribution in [1.82, 2.24) is 4.90 Å². The Balaban J connectivity index is 2.86. The summed E-state index contributed by atoms with van der Waals surface area (Å²) in [5.41, 5.74) is 5.07. The lowest BCUT2D eigenvalue weighted by molar-refractivity contribution is -0.130. The van der Waals surface area contributed by atoms with E-state index in [0.29, 0.717) is 0 Å². The Morgan fingerprint density at radius 3 is 2.47 bits per heavy atom. The molecule has 1 unspecified atom stereocenters. The van der Waals surface area contributed by atoms with E-state index in [1.54, 1.807) is 0 Å². The molecule has 3 N–H and O–H groups in total. The molecule has 0 radical (unpaired) electrons. The highest BCUT2D eigenvalue weighted by Gasteiger charge is 2.21. The average molecular weight is 271 g/mol. The van der Waals surface area contributed by atoms with Crippen LogP contribution in [-0.2, 0) is 11.2 Å². The quantitative estimate of drug-likeness (QED) is 0.372. The number of carbonyl (C=O) groups excluding carboxylic acids is 1. The summed E-state index contributed by atoms with van der Waals surface area (Å²) in [5.74, 6) is -2.26. The van der Waals surface area contributed by atoms with Crippen molar-refractivity contribution in [2.75, 3.05) is 7.05 Å². The first-order chi connectivity index (χ1) is 8.88. The first-order valence-electron chi connectivity index (χ1n) is 5.54. The van der Waals surface area contributed by atoms with Crippen LogP contribution < -0.4 is 5.73 Å². The van der Waals surface area contributed by atoms with Gasteiger partial charge in [0.25, 0.3) is 0 Å². The van der Waals surface area contributed by atoms with Crippen LogP contribution in [0.1, 0.15) is 12.5 Å². The number of nitrogens with zero attached hydrogens (tertiary/aromatic N) is 2. The van der Waals surface area contributed by atoms with E-state index in [4.69, 9.17) is 10.9 Å². The summed E-state index contributed by atoms with van der Waals surface area (Å²) in [4.78, 5) is 13.0. The van der Waals surface area contributed by atoms with Crippen molar-refractivity contribution >= 4 is 11.7 Å². The van der Waals surface area contributed by atoms with Crippen LogP contribution in [0.3, 0.4) is 0 Å². The topological polar surface area (TPSA) is 78.9 Å². The first-order valence-corrected chi connectivity index (χ1v) is 5.54. The Morgan fingerprint density at radius 1 is 1.47 bits per heavy atom. The summed E-state index contributed by atoms with van der Waals surface area (Å²) < 4.78 is 26.8. The maximum absolute atomic E-state index is 13.4. The summed E-state index contributed by atoms with van der Waals surface area (Å²) >= 11 is 0. The second kappa shape index (κ2) is 6.12. The van der Waals surface area contributed by atoms with Gasteiger partial charge in [0.15, 0.2) is 5.84 Å². The minimum atomic E-state index is -0.779. The second-order valence-electron chi connectivity index (χ2n) is 4.08. The molecule has 1 atom stereocenters. The molecule has 0 heterocycles. The molecular weight excluding hydrogens is 256 g/mol. The third-order valence-corrected chi connectivity index (χ3v) is 2.91. The van der Waals surface area contributed by atoms with Gasteiger partial charge < -0.3 is 15.8 Å². The van der Waals surface area contributed by atoms with Crippen LogP contribution >= 0.6 is 0 Å². The standard InChI is InChI=1S/C12H15F2N3O2/c1-7(12(15)16-19)17(2)11(18)6-8-9(13)4-3-5-10(8)14/h3-5,7,19H,6H2,1-2H3,(H2,15,16). The largest absolute Gasteiger partial charge is 0.409 e. The third-order valence-electron chi connectivity index (χ3n) is 2.91. The van der Waals surface area contributed by atoms with E-state index in [0.717, 1.165) is 17.0 Å². The van der Waals surface area contributed by atoms with Crippen LogP contribution in [0.25, 0.3) is 0 Å². The van der Waals surface area contributed by atoms with Gasteiger partial charge in [0.2, 0.25) is 5.91 Å². The fraction of sp³-hybridized carbons (Fsp3) is 0.333. The second-order valence-corrected chi connectivity index (χ2v) is 4.08. The van der Waals surface area contributed by atoms with Gasteiger partial charge in [0, 0.05) is 12.6 Å². The van der Waals surface area contributed by atoms with Crippen molar-refractivity contribution in [2.45, 2.75) is 19.4 Å². The van der Waals surface area contributed by atoms with Gasteiger partial charge in [-0.25, -0.2) is 8.78 Å². The molecule has 1 aromatic carbocycles. The van der Waals surface area contributed by atoms with Crippen LogP contribution in [0.5, 0.6) is 0 Å². The summed E-state index contributed by atoms with van der Waals surface area (Å²) in [6, 6.07) is 2.71. The Labute approximate surface area is 109 Å². The monoisotopic (exact) mass is 271 g/mol. The summed E-state index contributed by atoms with van der Waals surface area (Å²) in [6.07, 6.45) is -0.432. The zero-order chi connectivity index (χ0) is 14.6. The van der Waals surface area contributed by atoms with Gasteiger partial charge in [-0.1, -0.05) is 11.2 Å². The number of nitrogens with two attached hydrogens (primary N) is 1. The molecule has 104 valence electrons. The number of hydrogen-bond donors (Lipinski definition) is 2. The highest BCUT2D eigenvalue weighted by Crippen LogP contribution is 2.14. The minimum absolute atomic E-state index is 0.162. The number of amides is 1. The van der Waals surface area contributed by atoms with Crippen molar-refractivity contribution in [1.29, 1.82) is 0 Å². The maximum Gasteiger partial charge on any atom is 0.227 e. The number of likely N-dealkylation sites (N-methyl/N-ethyl adjacent to an activating group) is 1. The Kier molecular flexibility index (Phi) is 4.80. The first kappa shape index (κ1) is 14.9. The molecule has 0 fully saturated rings. The van der Waals surface area contributed by atoms with Crippen LogP contribution in [0.15, 0.2) is 23.4 Å². The van der Waals surface area contributed by atoms with Crippen molar-refractivity contribution < 1.29 is 18.8 Å². The molecule has 5 nitrogen and oxygen atoms in total. The van der Waals surface area contributed by atoms with Gasteiger partial charge >= 0.3 is 0 Å². The summed E-state index contributed by atoms with van der Waals surface area (Å²) in [6.45, 7) is 1.53. The van der Waals surface area contributed by atoms with Gasteiger partial charge in [-0.15, -0.1) is 0 Å². The molecule has 0 spiro atoms. The van der Waals surface area contributed by atoms with Gasteiger partial charge in [0.05, 0.1) is 12.5 Å². The van der Waals surface area contributed by atoms with Crippen molar-refractivity contribution in [3.05, 3.63) is 35.4 Å². The lowest BCUT2D eigenvalue weighted by Crippen LogP contribution is -2.44. The number of benzene rings is 1. The molecule has 0 aliphatic carbocycles. The summed E-state index contributed by atoms with van der Waals surface area (Å²) in [7, 11) is 1.41. The molecule has 7 heteroatoms. The number of rotatable bonds is 4. The van der Waals surface area contributed by atoms with Crippen LogP contribution in [0, 0.1) is 11.6 Å². The van der Waals surface area contributed by atoms with Crippen molar-refractivity contribution in [2.24, 2.45) is 10.9 Å². The molecule has 1 aromatic rings. The average Bonchev–Trinajstić information content (AvgIpc) is 2.40. The van der Waals surface area contributed by atoms with Crippen LogP contribution in [0.2, 0.25) is 0 Å². The molecular formula is C12H15F2N3O2. The van der Waals surface area contributed by atoms with Crippen LogP contribution in [0.4, 0.5) is 8.78 Å². The predicted molar refractivity (Wildman–Crippen MR) is 65.7 cm³/mol. The molecule has 0 saturated carbocycles. The van der Waals surface area contributed by atoms with Crippen molar-refractivity contribution in [3.8, 4) is 0 Å². The SMILES string of the molecule is CC(C(N)=NO)N(C)C(=O)Cc1c(F)cccc1F. The Morgan fingerprint density at radius 2 is 2.00 bits per heavy atom. The molecule has 0 bridgehead atoms. The molecule has 19 heavy (non-hydrogen) atoms. The van der Waals surface area contributed by atoms with E-state index >= 15 is 0 Å². The molecule has 0 saturated heterocycles. The van der Waals surface area contributed by atoms with E-state index in [9.17, 15) is 13.6 Å². The molecule has 0 aromatic heterocycles. The molecule has 0 aliphatic rings. The van der Waals surface area contributed by atoms with E-state index in [2.05, 4.69) is 5.16 Å². The lowest BCUT2D eigenvalue weighted by atomic mass is 10.1. The summed E-state index contributed by atoms with van der Waals surface area (Å²) in [5, 5.41) is 11.3. The molecule has 0 aliphatic heterocycles. The van der Waals surface area contributed by atoms with E-state index in [-0.39, 0.29) is 11.4 Å². The number of carbonyl (C=O) groups is 1. The third kappa shape index (κ3) is 3.40. The number of amidine groups is 1. The lowest BCUT2D eigenvalue weighted by Gasteiger charge is -2.23. The predicted octanol–water partition coefficient (Wildman–Crippen LogP) is 1.10. The fourth-order valence-corrected chi connectivity index (χ4v) is 1.48. The van der Waals surface area contributed by atoms with E-state index < -0.39 is 30.0 Å². The maximum atomic E-state index is 13.4. The Hall–Kier alpha value is -2.18. The van der Waals surface area contributed by atoms with Gasteiger partial charge in [-0.05, 0) is 19.1 Å². The number of halogens is 2. The highest BCUT2D eigenvalue weighted by molar-refractivity contribution is 5.90.